The van der Waals surface area contributed by atoms with Crippen molar-refractivity contribution in [2.75, 3.05) is 12.3 Å². The maximum atomic E-state index is 13.4. The monoisotopic (exact) mass is 296 g/mol. The Balaban J connectivity index is 2.04. The van der Waals surface area contributed by atoms with Crippen LogP contribution >= 0.6 is 11.8 Å². The molecule has 1 aliphatic rings. The molecule has 2 unspecified atom stereocenters. The summed E-state index contributed by atoms with van der Waals surface area (Å²) in [7, 11) is 0. The predicted molar refractivity (Wildman–Crippen MR) is 80.1 cm³/mol. The third-order valence-electron chi connectivity index (χ3n) is 3.73. The predicted octanol–water partition coefficient (Wildman–Crippen LogP) is 2.85. The quantitative estimate of drug-likeness (QED) is 0.878. The first-order chi connectivity index (χ1) is 9.63. The van der Waals surface area contributed by atoms with E-state index in [1.165, 1.54) is 12.1 Å². The zero-order valence-electron chi connectivity index (χ0n) is 11.7. The molecule has 5 heteroatoms. The molecule has 0 bridgehead atoms. The average Bonchev–Trinajstić information content (AvgIpc) is 2.45. The van der Waals surface area contributed by atoms with Gasteiger partial charge in [0.1, 0.15) is 5.82 Å². The fourth-order valence-corrected chi connectivity index (χ4v) is 3.53. The molecular formula is C15H21FN2OS. The lowest BCUT2D eigenvalue weighted by molar-refractivity contribution is -0.122. The number of nitrogens with two attached hydrogens (primary N) is 1. The van der Waals surface area contributed by atoms with Gasteiger partial charge in [-0.2, -0.15) is 0 Å². The second-order valence-electron chi connectivity index (χ2n) is 5.15. The van der Waals surface area contributed by atoms with E-state index in [-0.39, 0.29) is 23.7 Å². The lowest BCUT2D eigenvalue weighted by atomic mass is 10.00. The number of halogens is 1. The highest BCUT2D eigenvalue weighted by Gasteiger charge is 2.23. The summed E-state index contributed by atoms with van der Waals surface area (Å²) in [5, 5.41) is 3.03. The van der Waals surface area contributed by atoms with Crippen LogP contribution in [0.4, 0.5) is 4.39 Å². The number of hydrogen-bond acceptors (Lipinski definition) is 3. The van der Waals surface area contributed by atoms with Crippen molar-refractivity contribution < 1.29 is 9.18 Å². The number of benzene rings is 1. The molecule has 1 heterocycles. The largest absolute Gasteiger partial charge is 0.349 e. The Hall–Kier alpha value is -1.07. The van der Waals surface area contributed by atoms with Gasteiger partial charge < -0.3 is 11.1 Å². The molecule has 110 valence electrons. The van der Waals surface area contributed by atoms with Crippen molar-refractivity contribution in [2.45, 2.75) is 37.1 Å². The highest BCUT2D eigenvalue weighted by Crippen LogP contribution is 2.36. The van der Waals surface area contributed by atoms with Crippen molar-refractivity contribution in [1.29, 1.82) is 0 Å². The van der Waals surface area contributed by atoms with Crippen LogP contribution in [0.3, 0.4) is 0 Å². The van der Waals surface area contributed by atoms with Gasteiger partial charge >= 0.3 is 0 Å². The number of rotatable bonds is 5. The van der Waals surface area contributed by atoms with E-state index in [2.05, 4.69) is 5.32 Å². The van der Waals surface area contributed by atoms with Gasteiger partial charge in [-0.05, 0) is 42.6 Å². The summed E-state index contributed by atoms with van der Waals surface area (Å²) in [6, 6.07) is 4.72. The van der Waals surface area contributed by atoms with Gasteiger partial charge in [-0.3, -0.25) is 4.79 Å². The summed E-state index contributed by atoms with van der Waals surface area (Å²) in [5.74, 6) is 0.922. The Labute approximate surface area is 123 Å². The fourth-order valence-electron chi connectivity index (χ4n) is 2.43. The van der Waals surface area contributed by atoms with Gasteiger partial charge in [-0.1, -0.05) is 13.3 Å². The average molecular weight is 296 g/mol. The van der Waals surface area contributed by atoms with Crippen molar-refractivity contribution in [3.8, 4) is 0 Å². The molecule has 0 aliphatic carbocycles. The molecule has 0 fully saturated rings. The third-order valence-corrected chi connectivity index (χ3v) is 4.85. The molecular weight excluding hydrogens is 275 g/mol. The molecule has 3 nitrogen and oxygen atoms in total. The molecule has 0 aromatic heterocycles. The van der Waals surface area contributed by atoms with Crippen molar-refractivity contribution in [3.63, 3.8) is 0 Å². The Bertz CT molecular complexity index is 477. The first-order valence-electron chi connectivity index (χ1n) is 7.05. The summed E-state index contributed by atoms with van der Waals surface area (Å²) in [6.45, 7) is 2.56. The zero-order chi connectivity index (χ0) is 14.5. The molecule has 1 aromatic rings. The van der Waals surface area contributed by atoms with E-state index in [0.717, 1.165) is 29.1 Å². The summed E-state index contributed by atoms with van der Waals surface area (Å²) in [6.07, 6.45) is 2.18. The lowest BCUT2D eigenvalue weighted by Crippen LogP contribution is -2.33. The van der Waals surface area contributed by atoms with Crippen molar-refractivity contribution in [1.82, 2.24) is 5.32 Å². The molecule has 0 radical (unpaired) electrons. The number of thioether (sulfide) groups is 1. The molecule has 1 amide bonds. The van der Waals surface area contributed by atoms with Crippen LogP contribution in [-0.2, 0) is 4.79 Å². The molecule has 20 heavy (non-hydrogen) atoms. The normalized spacial score (nSPS) is 19.2. The Morgan fingerprint density at radius 2 is 2.40 bits per heavy atom. The van der Waals surface area contributed by atoms with E-state index in [1.807, 2.05) is 6.92 Å². The first kappa shape index (κ1) is 15.3. The Kier molecular flexibility index (Phi) is 5.43. The van der Waals surface area contributed by atoms with Crippen LogP contribution in [0.5, 0.6) is 0 Å². The number of fused-ring (bicyclic) bond motifs is 1. The van der Waals surface area contributed by atoms with Crippen LogP contribution in [0.15, 0.2) is 23.1 Å². The highest BCUT2D eigenvalue weighted by molar-refractivity contribution is 7.99. The standard InChI is InChI=1S/C15H21FN2OS/c1-2-10(9-17)7-15(19)18-13-5-6-20-14-4-3-11(16)8-12(13)14/h3-4,8,10,13H,2,5-7,9,17H2,1H3,(H,18,19). The number of nitrogens with one attached hydrogen (secondary N) is 1. The second kappa shape index (κ2) is 7.09. The molecule has 3 N–H and O–H groups in total. The SMILES string of the molecule is CCC(CN)CC(=O)NC1CCSc2ccc(F)cc21. The first-order valence-corrected chi connectivity index (χ1v) is 8.04. The zero-order valence-corrected chi connectivity index (χ0v) is 12.5. The maximum Gasteiger partial charge on any atom is 0.220 e. The third kappa shape index (κ3) is 3.73. The van der Waals surface area contributed by atoms with Gasteiger partial charge in [0.15, 0.2) is 0 Å². The van der Waals surface area contributed by atoms with E-state index in [0.29, 0.717) is 13.0 Å². The van der Waals surface area contributed by atoms with E-state index in [1.54, 1.807) is 17.8 Å². The minimum atomic E-state index is -0.251. The second-order valence-corrected chi connectivity index (χ2v) is 6.29. The van der Waals surface area contributed by atoms with Crippen LogP contribution < -0.4 is 11.1 Å². The van der Waals surface area contributed by atoms with Crippen LogP contribution in [0.25, 0.3) is 0 Å². The van der Waals surface area contributed by atoms with E-state index < -0.39 is 0 Å². The highest BCUT2D eigenvalue weighted by atomic mass is 32.2. The van der Waals surface area contributed by atoms with Crippen molar-refractivity contribution >= 4 is 17.7 Å². The van der Waals surface area contributed by atoms with Crippen LogP contribution in [0.2, 0.25) is 0 Å². The molecule has 2 rings (SSSR count). The number of carbonyl (C=O) groups is 1. The van der Waals surface area contributed by atoms with Gasteiger partial charge in [0.2, 0.25) is 5.91 Å². The molecule has 0 saturated heterocycles. The number of hydrogen-bond donors (Lipinski definition) is 2. The minimum absolute atomic E-state index is 0.00871. The summed E-state index contributed by atoms with van der Waals surface area (Å²) >= 11 is 1.71. The molecule has 2 atom stereocenters. The van der Waals surface area contributed by atoms with Crippen LogP contribution in [0.1, 0.15) is 37.8 Å². The topological polar surface area (TPSA) is 55.1 Å². The Morgan fingerprint density at radius 1 is 1.60 bits per heavy atom. The number of carbonyl (C=O) groups excluding carboxylic acids is 1. The summed E-state index contributed by atoms with van der Waals surface area (Å²) in [4.78, 5) is 13.1. The van der Waals surface area contributed by atoms with Gasteiger partial charge in [-0.25, -0.2) is 4.39 Å². The van der Waals surface area contributed by atoms with Crippen molar-refractivity contribution in [2.24, 2.45) is 11.7 Å². The molecule has 0 saturated carbocycles. The smallest absolute Gasteiger partial charge is 0.220 e. The fraction of sp³-hybridized carbons (Fsp3) is 0.533. The summed E-state index contributed by atoms with van der Waals surface area (Å²) in [5.41, 5.74) is 6.53. The maximum absolute atomic E-state index is 13.4. The van der Waals surface area contributed by atoms with E-state index >= 15 is 0 Å². The van der Waals surface area contributed by atoms with Crippen LogP contribution in [0, 0.1) is 11.7 Å². The molecule has 0 spiro atoms. The van der Waals surface area contributed by atoms with Gasteiger partial charge in [0, 0.05) is 17.1 Å². The molecule has 1 aromatic carbocycles. The van der Waals surface area contributed by atoms with E-state index in [4.69, 9.17) is 5.73 Å². The molecule has 1 aliphatic heterocycles. The van der Waals surface area contributed by atoms with Crippen molar-refractivity contribution in [3.05, 3.63) is 29.6 Å². The van der Waals surface area contributed by atoms with Gasteiger partial charge in [0.05, 0.1) is 6.04 Å². The summed E-state index contributed by atoms with van der Waals surface area (Å²) < 4.78 is 13.4. The van der Waals surface area contributed by atoms with Gasteiger partial charge in [-0.15, -0.1) is 11.8 Å². The van der Waals surface area contributed by atoms with Crippen LogP contribution in [-0.4, -0.2) is 18.2 Å². The number of amides is 1. The van der Waals surface area contributed by atoms with Gasteiger partial charge in [0.25, 0.3) is 0 Å². The minimum Gasteiger partial charge on any atom is -0.349 e. The Morgan fingerprint density at radius 3 is 3.10 bits per heavy atom. The lowest BCUT2D eigenvalue weighted by Gasteiger charge is -2.26. The van der Waals surface area contributed by atoms with E-state index in [9.17, 15) is 9.18 Å².